The van der Waals surface area contributed by atoms with Crippen molar-refractivity contribution in [1.82, 2.24) is 4.98 Å². The van der Waals surface area contributed by atoms with Crippen molar-refractivity contribution in [3.05, 3.63) is 82.8 Å². The second-order valence-corrected chi connectivity index (χ2v) is 6.08. The van der Waals surface area contributed by atoms with Crippen LogP contribution in [0.4, 0.5) is 4.39 Å². The van der Waals surface area contributed by atoms with E-state index in [1.165, 1.54) is 12.1 Å². The van der Waals surface area contributed by atoms with E-state index in [1.807, 2.05) is 0 Å². The molecule has 0 aliphatic heterocycles. The third kappa shape index (κ3) is 5.43. The van der Waals surface area contributed by atoms with E-state index in [4.69, 9.17) is 26.2 Å². The summed E-state index contributed by atoms with van der Waals surface area (Å²) < 4.78 is 24.8. The Labute approximate surface area is 160 Å². The summed E-state index contributed by atoms with van der Waals surface area (Å²) >= 11 is 5.71. The number of benzene rings is 2. The van der Waals surface area contributed by atoms with E-state index in [0.717, 1.165) is 0 Å². The number of hydrogen-bond donors (Lipinski definition) is 1. The van der Waals surface area contributed by atoms with Crippen molar-refractivity contribution in [1.29, 1.82) is 0 Å². The highest BCUT2D eigenvalue weighted by atomic mass is 35.5. The Balaban J connectivity index is 1.64. The van der Waals surface area contributed by atoms with Gasteiger partial charge >= 0.3 is 5.97 Å². The van der Waals surface area contributed by atoms with Crippen LogP contribution in [-0.2, 0) is 17.8 Å². The van der Waals surface area contributed by atoms with Crippen LogP contribution in [0, 0.1) is 5.82 Å². The maximum absolute atomic E-state index is 13.7. The lowest BCUT2D eigenvalue weighted by atomic mass is 10.1. The smallest absolute Gasteiger partial charge is 0.307 e. The molecule has 0 bridgehead atoms. The fourth-order valence-electron chi connectivity index (χ4n) is 2.31. The van der Waals surface area contributed by atoms with Gasteiger partial charge in [0.25, 0.3) is 0 Å². The Bertz CT molecular complexity index is 947. The highest BCUT2D eigenvalue weighted by Crippen LogP contribution is 2.23. The molecule has 27 heavy (non-hydrogen) atoms. The number of carboxylic acid groups (broad SMARTS) is 1. The molecular weight excluding hydrogens is 373 g/mol. The zero-order valence-electron chi connectivity index (χ0n) is 14.1. The molecule has 0 radical (unpaired) electrons. The van der Waals surface area contributed by atoms with Crippen LogP contribution in [-0.4, -0.2) is 16.1 Å². The highest BCUT2D eigenvalue weighted by Gasteiger charge is 2.07. The molecule has 0 saturated carbocycles. The molecule has 0 aliphatic carbocycles. The first kappa shape index (κ1) is 18.7. The van der Waals surface area contributed by atoms with E-state index in [0.29, 0.717) is 27.9 Å². The molecule has 1 aromatic heterocycles. The van der Waals surface area contributed by atoms with Gasteiger partial charge in [-0.25, -0.2) is 9.37 Å². The third-order valence-corrected chi connectivity index (χ3v) is 3.79. The molecule has 7 heteroatoms. The van der Waals surface area contributed by atoms with Crippen LogP contribution < -0.4 is 9.47 Å². The summed E-state index contributed by atoms with van der Waals surface area (Å²) in [6.45, 7) is 0.0628. The molecule has 0 spiro atoms. The predicted molar refractivity (Wildman–Crippen MR) is 97.8 cm³/mol. The predicted octanol–water partition coefficient (Wildman–Crippen LogP) is 4.87. The number of rotatable bonds is 7. The van der Waals surface area contributed by atoms with Crippen molar-refractivity contribution in [2.45, 2.75) is 13.0 Å². The average Bonchev–Trinajstić information content (AvgIpc) is 2.63. The van der Waals surface area contributed by atoms with Crippen molar-refractivity contribution in [2.24, 2.45) is 0 Å². The highest BCUT2D eigenvalue weighted by molar-refractivity contribution is 6.30. The van der Waals surface area contributed by atoms with E-state index in [9.17, 15) is 9.18 Å². The van der Waals surface area contributed by atoms with Crippen LogP contribution in [0.15, 0.2) is 60.7 Å². The van der Waals surface area contributed by atoms with Crippen molar-refractivity contribution in [2.75, 3.05) is 0 Å². The summed E-state index contributed by atoms with van der Waals surface area (Å²) in [6, 6.07) is 16.0. The summed E-state index contributed by atoms with van der Waals surface area (Å²) in [7, 11) is 0. The Morgan fingerprint density at radius 3 is 2.59 bits per heavy atom. The molecule has 2 aromatic carbocycles. The fraction of sp³-hybridized carbons (Fsp3) is 0.100. The number of carboxylic acids is 1. The number of nitrogens with zero attached hydrogens (tertiary/aromatic N) is 1. The van der Waals surface area contributed by atoms with E-state index in [-0.39, 0.29) is 18.8 Å². The van der Waals surface area contributed by atoms with Crippen LogP contribution in [0.25, 0.3) is 0 Å². The van der Waals surface area contributed by atoms with Crippen LogP contribution in [0.3, 0.4) is 0 Å². The average molecular weight is 388 g/mol. The summed E-state index contributed by atoms with van der Waals surface area (Å²) in [5.41, 5.74) is 1.24. The number of halogens is 2. The zero-order chi connectivity index (χ0) is 19.2. The summed E-state index contributed by atoms with van der Waals surface area (Å²) in [4.78, 5) is 15.0. The summed E-state index contributed by atoms with van der Waals surface area (Å²) in [5, 5.41) is 9.08. The second kappa shape index (κ2) is 8.51. The first-order valence-corrected chi connectivity index (χ1v) is 8.40. The molecular formula is C20H15ClFNO4. The second-order valence-electron chi connectivity index (χ2n) is 5.65. The summed E-state index contributed by atoms with van der Waals surface area (Å²) in [6.07, 6.45) is -0.0490. The van der Waals surface area contributed by atoms with Crippen LogP contribution in [0.1, 0.15) is 11.3 Å². The van der Waals surface area contributed by atoms with Gasteiger partial charge in [0.1, 0.15) is 12.4 Å². The molecule has 3 aromatic rings. The third-order valence-electron chi connectivity index (χ3n) is 3.55. The Morgan fingerprint density at radius 1 is 1.11 bits per heavy atom. The van der Waals surface area contributed by atoms with Crippen molar-refractivity contribution < 1.29 is 23.8 Å². The molecule has 0 atom stereocenters. The number of carbonyl (C=O) groups is 1. The summed E-state index contributed by atoms with van der Waals surface area (Å²) in [5.74, 6) is -0.481. The molecule has 0 amide bonds. The maximum atomic E-state index is 13.7. The number of ether oxygens (including phenoxy) is 2. The first-order chi connectivity index (χ1) is 13.0. The normalized spacial score (nSPS) is 10.4. The van der Waals surface area contributed by atoms with Gasteiger partial charge in [-0.15, -0.1) is 0 Å². The standard InChI is InChI=1S/C20H15ClFNO4/c21-14-6-9-18(17(22)11-14)26-12-15-2-1-3-19(23-15)27-16-7-4-13(5-8-16)10-20(24)25/h1-9,11H,10,12H2,(H,24,25). The Kier molecular flexibility index (Phi) is 5.88. The van der Waals surface area contributed by atoms with Gasteiger partial charge in [-0.2, -0.15) is 0 Å². The lowest BCUT2D eigenvalue weighted by molar-refractivity contribution is -0.136. The van der Waals surface area contributed by atoms with Crippen LogP contribution in [0.2, 0.25) is 5.02 Å². The molecule has 138 valence electrons. The van der Waals surface area contributed by atoms with E-state index < -0.39 is 11.8 Å². The minimum absolute atomic E-state index is 0.0490. The Morgan fingerprint density at radius 2 is 1.89 bits per heavy atom. The van der Waals surface area contributed by atoms with Gasteiger partial charge in [0, 0.05) is 11.1 Å². The fourth-order valence-corrected chi connectivity index (χ4v) is 2.47. The minimum atomic E-state index is -0.893. The van der Waals surface area contributed by atoms with Gasteiger partial charge < -0.3 is 14.6 Å². The number of hydrogen-bond acceptors (Lipinski definition) is 4. The van der Waals surface area contributed by atoms with Gasteiger partial charge in [-0.05, 0) is 42.0 Å². The lowest BCUT2D eigenvalue weighted by Gasteiger charge is -2.09. The molecule has 0 fully saturated rings. The molecule has 3 rings (SSSR count). The number of aromatic nitrogens is 1. The van der Waals surface area contributed by atoms with Crippen molar-refractivity contribution in [3.8, 4) is 17.4 Å². The molecule has 1 heterocycles. The van der Waals surface area contributed by atoms with E-state index >= 15 is 0 Å². The lowest BCUT2D eigenvalue weighted by Crippen LogP contribution is -2.01. The number of aliphatic carboxylic acids is 1. The van der Waals surface area contributed by atoms with Gasteiger partial charge in [-0.1, -0.05) is 29.8 Å². The molecule has 1 N–H and O–H groups in total. The molecule has 0 aliphatic rings. The quantitative estimate of drug-likeness (QED) is 0.626. The van der Waals surface area contributed by atoms with E-state index in [1.54, 1.807) is 48.5 Å². The topological polar surface area (TPSA) is 68.7 Å². The van der Waals surface area contributed by atoms with Gasteiger partial charge in [0.15, 0.2) is 11.6 Å². The van der Waals surface area contributed by atoms with Crippen molar-refractivity contribution >= 4 is 17.6 Å². The van der Waals surface area contributed by atoms with Crippen LogP contribution in [0.5, 0.6) is 17.4 Å². The van der Waals surface area contributed by atoms with Crippen LogP contribution >= 0.6 is 11.6 Å². The van der Waals surface area contributed by atoms with Gasteiger partial charge in [-0.3, -0.25) is 4.79 Å². The largest absolute Gasteiger partial charge is 0.484 e. The Hall–Kier alpha value is -3.12. The van der Waals surface area contributed by atoms with Crippen molar-refractivity contribution in [3.63, 3.8) is 0 Å². The van der Waals surface area contributed by atoms with Gasteiger partial charge in [0.2, 0.25) is 5.88 Å². The SMILES string of the molecule is O=C(O)Cc1ccc(Oc2cccc(COc3ccc(Cl)cc3F)n2)cc1. The first-order valence-electron chi connectivity index (χ1n) is 8.02. The van der Waals surface area contributed by atoms with E-state index in [2.05, 4.69) is 4.98 Å². The number of pyridine rings is 1. The molecule has 5 nitrogen and oxygen atoms in total. The molecule has 0 saturated heterocycles. The zero-order valence-corrected chi connectivity index (χ0v) is 14.8. The van der Waals surface area contributed by atoms with Gasteiger partial charge in [0.05, 0.1) is 12.1 Å². The molecule has 0 unspecified atom stereocenters. The maximum Gasteiger partial charge on any atom is 0.307 e. The minimum Gasteiger partial charge on any atom is -0.484 e. The monoisotopic (exact) mass is 387 g/mol.